The van der Waals surface area contributed by atoms with Crippen LogP contribution >= 0.6 is 0 Å². The topological polar surface area (TPSA) is 142 Å². The summed E-state index contributed by atoms with van der Waals surface area (Å²) in [4.78, 5) is 22.8. The molecule has 1 aliphatic heterocycles. The van der Waals surface area contributed by atoms with E-state index in [1.807, 2.05) is 0 Å². The summed E-state index contributed by atoms with van der Waals surface area (Å²) in [5.74, 6) is -1.95. The lowest BCUT2D eigenvalue weighted by atomic mass is 9.87. The molecule has 0 radical (unpaired) electrons. The van der Waals surface area contributed by atoms with Crippen LogP contribution in [0.3, 0.4) is 0 Å². The van der Waals surface area contributed by atoms with E-state index in [1.54, 1.807) is 6.92 Å². The number of nitrogens with one attached hydrogen (secondary N) is 1. The number of nitro benzene ring substituents is 1. The highest BCUT2D eigenvalue weighted by Gasteiger charge is 2.39. The standard InChI is InChI=1S/C16H19N3O6S/c1-4-25-16(20)13-12(10-6-5-7-11(8-10)19(21)22)14(26(3,23)24)9(2)18-15(13)17/h5-8,12,18H,4,17H2,1-3H3. The molecule has 2 rings (SSSR count). The highest BCUT2D eigenvalue weighted by molar-refractivity contribution is 7.94. The molecule has 0 aliphatic carbocycles. The number of non-ortho nitro benzene ring substituents is 1. The third-order valence-corrected chi connectivity index (χ3v) is 5.18. The van der Waals surface area contributed by atoms with Crippen LogP contribution in [0.1, 0.15) is 25.3 Å². The second-order valence-electron chi connectivity index (χ2n) is 5.72. The molecule has 1 aromatic carbocycles. The average Bonchev–Trinajstić information content (AvgIpc) is 2.53. The number of rotatable bonds is 5. The van der Waals surface area contributed by atoms with Gasteiger partial charge >= 0.3 is 5.97 Å². The van der Waals surface area contributed by atoms with Crippen LogP contribution in [-0.2, 0) is 19.4 Å². The summed E-state index contributed by atoms with van der Waals surface area (Å²) in [6.45, 7) is 3.18. The summed E-state index contributed by atoms with van der Waals surface area (Å²) in [5, 5.41) is 13.8. The molecule has 1 unspecified atom stereocenters. The number of sulfone groups is 1. The molecule has 140 valence electrons. The van der Waals surface area contributed by atoms with E-state index < -0.39 is 26.6 Å². The van der Waals surface area contributed by atoms with Crippen LogP contribution in [0.5, 0.6) is 0 Å². The second-order valence-corrected chi connectivity index (χ2v) is 7.70. The molecule has 0 spiro atoms. The third kappa shape index (κ3) is 3.69. The van der Waals surface area contributed by atoms with Crippen molar-refractivity contribution in [3.05, 3.63) is 61.9 Å². The molecule has 1 aliphatic rings. The van der Waals surface area contributed by atoms with Crippen molar-refractivity contribution >= 4 is 21.5 Å². The number of benzene rings is 1. The lowest BCUT2D eigenvalue weighted by Gasteiger charge is -2.30. The number of nitrogens with zero attached hydrogens (tertiary/aromatic N) is 1. The van der Waals surface area contributed by atoms with Gasteiger partial charge in [0.25, 0.3) is 5.69 Å². The SMILES string of the molecule is CCOC(=O)C1=C(N)NC(C)=C(S(C)(=O)=O)C1c1cccc([N+](=O)[O-])c1. The maximum atomic E-state index is 12.4. The van der Waals surface area contributed by atoms with Gasteiger partial charge in [-0.1, -0.05) is 12.1 Å². The average molecular weight is 381 g/mol. The molecule has 0 amide bonds. The fourth-order valence-electron chi connectivity index (χ4n) is 2.90. The molecular formula is C16H19N3O6S. The van der Waals surface area contributed by atoms with Gasteiger partial charge in [-0.3, -0.25) is 10.1 Å². The van der Waals surface area contributed by atoms with Gasteiger partial charge in [0.15, 0.2) is 9.84 Å². The lowest BCUT2D eigenvalue weighted by molar-refractivity contribution is -0.384. The second kappa shape index (κ2) is 7.16. The highest BCUT2D eigenvalue weighted by Crippen LogP contribution is 2.40. The number of dihydropyridines is 1. The molecule has 9 nitrogen and oxygen atoms in total. The van der Waals surface area contributed by atoms with Crippen LogP contribution in [0, 0.1) is 10.1 Å². The van der Waals surface area contributed by atoms with E-state index in [4.69, 9.17) is 10.5 Å². The van der Waals surface area contributed by atoms with E-state index in [1.165, 1.54) is 31.2 Å². The molecule has 0 aromatic heterocycles. The molecule has 3 N–H and O–H groups in total. The zero-order valence-electron chi connectivity index (χ0n) is 14.5. The van der Waals surface area contributed by atoms with E-state index in [-0.39, 0.29) is 39.9 Å². The van der Waals surface area contributed by atoms with E-state index in [0.29, 0.717) is 0 Å². The van der Waals surface area contributed by atoms with Crippen LogP contribution in [-0.4, -0.2) is 32.2 Å². The number of hydrogen-bond donors (Lipinski definition) is 2. The van der Waals surface area contributed by atoms with Crippen LogP contribution in [0.15, 0.2) is 46.3 Å². The number of nitro groups is 1. The molecule has 0 saturated heterocycles. The van der Waals surface area contributed by atoms with Crippen molar-refractivity contribution in [1.29, 1.82) is 0 Å². The fraction of sp³-hybridized carbons (Fsp3) is 0.312. The summed E-state index contributed by atoms with van der Waals surface area (Å²) < 4.78 is 29.8. The smallest absolute Gasteiger partial charge is 0.338 e. The molecule has 0 fully saturated rings. The van der Waals surface area contributed by atoms with Crippen LogP contribution in [0.25, 0.3) is 0 Å². The number of ether oxygens (including phenoxy) is 1. The van der Waals surface area contributed by atoms with Gasteiger partial charge in [-0.25, -0.2) is 13.2 Å². The molecular weight excluding hydrogens is 362 g/mol. The summed E-state index contributed by atoms with van der Waals surface area (Å²) in [7, 11) is -3.76. The molecule has 1 aromatic rings. The summed E-state index contributed by atoms with van der Waals surface area (Å²) in [6, 6.07) is 5.43. The minimum atomic E-state index is -3.76. The fourth-order valence-corrected chi connectivity index (χ4v) is 4.19. The van der Waals surface area contributed by atoms with Crippen LogP contribution in [0.2, 0.25) is 0 Å². The Kier molecular flexibility index (Phi) is 5.36. The Balaban J connectivity index is 2.77. The van der Waals surface area contributed by atoms with E-state index >= 15 is 0 Å². The maximum Gasteiger partial charge on any atom is 0.338 e. The maximum absolute atomic E-state index is 12.4. The predicted molar refractivity (Wildman–Crippen MR) is 94.4 cm³/mol. The number of esters is 1. The summed E-state index contributed by atoms with van der Waals surface area (Å²) in [6.07, 6.45) is 1.00. The summed E-state index contributed by atoms with van der Waals surface area (Å²) >= 11 is 0. The number of nitrogens with two attached hydrogens (primary N) is 1. The first-order valence-electron chi connectivity index (χ1n) is 7.66. The Morgan fingerprint density at radius 2 is 2.08 bits per heavy atom. The van der Waals surface area contributed by atoms with Crippen molar-refractivity contribution in [2.75, 3.05) is 12.9 Å². The normalized spacial score (nSPS) is 17.7. The number of hydrogen-bond acceptors (Lipinski definition) is 8. The first-order valence-corrected chi connectivity index (χ1v) is 9.56. The van der Waals surface area contributed by atoms with E-state index in [0.717, 1.165) is 6.26 Å². The van der Waals surface area contributed by atoms with Crippen molar-refractivity contribution in [3.63, 3.8) is 0 Å². The Bertz CT molecular complexity index is 933. The quantitative estimate of drug-likeness (QED) is 0.441. The Morgan fingerprint density at radius 1 is 1.42 bits per heavy atom. The Labute approximate surface area is 150 Å². The van der Waals surface area contributed by atoms with Crippen molar-refractivity contribution in [2.24, 2.45) is 5.73 Å². The van der Waals surface area contributed by atoms with Crippen LogP contribution < -0.4 is 11.1 Å². The number of carbonyl (C=O) groups excluding carboxylic acids is 1. The van der Waals surface area contributed by atoms with Gasteiger partial charge in [-0.05, 0) is 19.4 Å². The molecule has 0 bridgehead atoms. The van der Waals surface area contributed by atoms with Gasteiger partial charge < -0.3 is 15.8 Å². The third-order valence-electron chi connectivity index (χ3n) is 3.84. The van der Waals surface area contributed by atoms with Gasteiger partial charge in [-0.15, -0.1) is 0 Å². The minimum absolute atomic E-state index is 0.0511. The largest absolute Gasteiger partial charge is 0.463 e. The monoisotopic (exact) mass is 381 g/mol. The van der Waals surface area contributed by atoms with Crippen LogP contribution in [0.4, 0.5) is 5.69 Å². The number of allylic oxidation sites excluding steroid dienone is 2. The van der Waals surface area contributed by atoms with Crippen molar-refractivity contribution in [3.8, 4) is 0 Å². The van der Waals surface area contributed by atoms with E-state index in [9.17, 15) is 23.3 Å². The van der Waals surface area contributed by atoms with Gasteiger partial charge in [0.1, 0.15) is 5.82 Å². The Hall–Kier alpha value is -2.88. The lowest BCUT2D eigenvalue weighted by Crippen LogP contribution is -2.35. The number of carbonyl (C=O) groups is 1. The van der Waals surface area contributed by atoms with Crippen molar-refractivity contribution < 1.29 is 22.9 Å². The first-order chi connectivity index (χ1) is 12.1. The minimum Gasteiger partial charge on any atom is -0.463 e. The van der Waals surface area contributed by atoms with Crippen molar-refractivity contribution in [2.45, 2.75) is 19.8 Å². The van der Waals surface area contributed by atoms with E-state index in [2.05, 4.69) is 5.32 Å². The predicted octanol–water partition coefficient (Wildman–Crippen LogP) is 1.29. The first kappa shape index (κ1) is 19.4. The molecule has 1 atom stereocenters. The molecule has 0 saturated carbocycles. The van der Waals surface area contributed by atoms with Gasteiger partial charge in [-0.2, -0.15) is 0 Å². The van der Waals surface area contributed by atoms with Gasteiger partial charge in [0.2, 0.25) is 0 Å². The summed E-state index contributed by atoms with van der Waals surface area (Å²) in [5.41, 5.74) is 6.11. The molecule has 1 heterocycles. The zero-order valence-corrected chi connectivity index (χ0v) is 15.3. The zero-order chi connectivity index (χ0) is 19.6. The molecule has 10 heteroatoms. The van der Waals surface area contributed by atoms with Gasteiger partial charge in [0, 0.05) is 24.1 Å². The highest BCUT2D eigenvalue weighted by atomic mass is 32.2. The van der Waals surface area contributed by atoms with Crippen molar-refractivity contribution in [1.82, 2.24) is 5.32 Å². The van der Waals surface area contributed by atoms with Gasteiger partial charge in [0.05, 0.1) is 27.9 Å². The Morgan fingerprint density at radius 3 is 2.62 bits per heavy atom. The molecule has 26 heavy (non-hydrogen) atoms.